The van der Waals surface area contributed by atoms with E-state index in [0.717, 1.165) is 0 Å². The molecule has 21 heavy (non-hydrogen) atoms. The van der Waals surface area contributed by atoms with Gasteiger partial charge in [0.15, 0.2) is 5.65 Å². The third-order valence-electron chi connectivity index (χ3n) is 2.71. The molecule has 1 N–H and O–H groups in total. The minimum Gasteiger partial charge on any atom is -0.274 e. The van der Waals surface area contributed by atoms with E-state index in [1.807, 2.05) is 0 Å². The van der Waals surface area contributed by atoms with Crippen molar-refractivity contribution in [1.82, 2.24) is 14.6 Å². The van der Waals surface area contributed by atoms with Crippen LogP contribution >= 0.6 is 23.2 Å². The minimum atomic E-state index is -3.94. The Balaban J connectivity index is 2.08. The summed E-state index contributed by atoms with van der Waals surface area (Å²) in [6.45, 7) is 0. The summed E-state index contributed by atoms with van der Waals surface area (Å²) in [5.74, 6) is 0. The number of hydrogen-bond donors (Lipinski definition) is 1. The van der Waals surface area contributed by atoms with E-state index in [9.17, 15) is 8.42 Å². The predicted molar refractivity (Wildman–Crippen MR) is 80.3 cm³/mol. The van der Waals surface area contributed by atoms with Crippen LogP contribution in [0.1, 0.15) is 0 Å². The van der Waals surface area contributed by atoms with Crippen molar-refractivity contribution in [3.8, 4) is 0 Å². The first-order valence-electron chi connectivity index (χ1n) is 5.74. The molecule has 0 radical (unpaired) electrons. The summed E-state index contributed by atoms with van der Waals surface area (Å²) in [4.78, 5) is 3.89. The Hall–Kier alpha value is -1.83. The van der Waals surface area contributed by atoms with Gasteiger partial charge in [0.1, 0.15) is 10.6 Å². The Morgan fingerprint density at radius 1 is 1.14 bits per heavy atom. The zero-order valence-electron chi connectivity index (χ0n) is 10.4. The number of rotatable bonds is 3. The number of benzene rings is 1. The largest absolute Gasteiger partial charge is 0.274 e. The van der Waals surface area contributed by atoms with Gasteiger partial charge in [-0.15, -0.1) is 0 Å². The molecule has 0 spiro atoms. The molecule has 1 aromatic carbocycles. The first-order valence-corrected chi connectivity index (χ1v) is 7.98. The predicted octanol–water partition coefficient (Wildman–Crippen LogP) is 2.84. The lowest BCUT2D eigenvalue weighted by molar-refractivity contribution is 0.601. The van der Waals surface area contributed by atoms with Gasteiger partial charge in [-0.2, -0.15) is 5.10 Å². The van der Waals surface area contributed by atoms with Crippen LogP contribution in [-0.4, -0.2) is 23.0 Å². The molecule has 0 saturated carbocycles. The van der Waals surface area contributed by atoms with Crippen molar-refractivity contribution < 1.29 is 8.42 Å². The van der Waals surface area contributed by atoms with Crippen LogP contribution in [0.2, 0.25) is 10.0 Å². The maximum absolute atomic E-state index is 12.4. The number of fused-ring (bicyclic) bond motifs is 1. The highest BCUT2D eigenvalue weighted by Gasteiger charge is 2.23. The lowest BCUT2D eigenvalue weighted by atomic mass is 10.4. The van der Waals surface area contributed by atoms with E-state index in [0.29, 0.717) is 5.65 Å². The van der Waals surface area contributed by atoms with Gasteiger partial charge >= 0.3 is 0 Å². The number of nitrogens with zero attached hydrogens (tertiary/aromatic N) is 3. The molecule has 0 atom stereocenters. The van der Waals surface area contributed by atoms with Crippen molar-refractivity contribution in [2.75, 3.05) is 4.72 Å². The second kappa shape index (κ2) is 5.18. The van der Waals surface area contributed by atoms with E-state index in [4.69, 9.17) is 23.2 Å². The summed E-state index contributed by atoms with van der Waals surface area (Å²) < 4.78 is 28.7. The average Bonchev–Trinajstić information content (AvgIpc) is 2.81. The first kappa shape index (κ1) is 14.1. The number of sulfonamides is 1. The Morgan fingerprint density at radius 3 is 2.57 bits per heavy atom. The standard InChI is InChI=1S/C12H8Cl2N4O2S/c13-8-3-1-4-9(14)11(8)21(19,20)17-10-7-16-18-6-2-5-15-12(10)18/h1-7,17H. The lowest BCUT2D eigenvalue weighted by Crippen LogP contribution is -2.14. The van der Waals surface area contributed by atoms with Crippen LogP contribution in [-0.2, 0) is 10.0 Å². The summed E-state index contributed by atoms with van der Waals surface area (Å²) in [7, 11) is -3.94. The van der Waals surface area contributed by atoms with E-state index in [1.165, 1.54) is 29.0 Å². The molecule has 0 bridgehead atoms. The zero-order valence-corrected chi connectivity index (χ0v) is 12.7. The third kappa shape index (κ3) is 2.55. The molecule has 0 unspecified atom stereocenters. The fraction of sp³-hybridized carbons (Fsp3) is 0. The third-order valence-corrected chi connectivity index (χ3v) is 5.03. The van der Waals surface area contributed by atoms with Crippen LogP contribution in [0.3, 0.4) is 0 Å². The second-order valence-electron chi connectivity index (χ2n) is 4.10. The molecule has 0 aliphatic rings. The van der Waals surface area contributed by atoms with Crippen molar-refractivity contribution in [1.29, 1.82) is 0 Å². The van der Waals surface area contributed by atoms with E-state index in [1.54, 1.807) is 18.3 Å². The van der Waals surface area contributed by atoms with Crippen LogP contribution < -0.4 is 4.72 Å². The van der Waals surface area contributed by atoms with E-state index < -0.39 is 10.0 Å². The molecule has 2 heterocycles. The van der Waals surface area contributed by atoms with Crippen molar-refractivity contribution in [3.05, 3.63) is 52.9 Å². The highest BCUT2D eigenvalue weighted by molar-refractivity contribution is 7.93. The molecular formula is C12H8Cl2N4O2S. The number of aromatic nitrogens is 3. The van der Waals surface area contributed by atoms with E-state index >= 15 is 0 Å². The number of anilines is 1. The number of halogens is 2. The fourth-order valence-corrected chi connectivity index (χ4v) is 4.03. The molecule has 9 heteroatoms. The van der Waals surface area contributed by atoms with Gasteiger partial charge in [0.25, 0.3) is 10.0 Å². The number of hydrogen-bond acceptors (Lipinski definition) is 4. The molecular weight excluding hydrogens is 335 g/mol. The van der Waals surface area contributed by atoms with Crippen molar-refractivity contribution in [2.24, 2.45) is 0 Å². The minimum absolute atomic E-state index is 0.0411. The molecule has 0 aliphatic carbocycles. The Labute approximate surface area is 130 Å². The van der Waals surface area contributed by atoms with Crippen LogP contribution in [0.4, 0.5) is 5.69 Å². The number of nitrogens with one attached hydrogen (secondary N) is 1. The molecule has 0 fully saturated rings. The van der Waals surface area contributed by atoms with Gasteiger partial charge in [-0.05, 0) is 18.2 Å². The molecule has 0 amide bonds. The van der Waals surface area contributed by atoms with Gasteiger partial charge < -0.3 is 0 Å². The smallest absolute Gasteiger partial charge is 0.265 e. The van der Waals surface area contributed by atoms with Crippen LogP contribution in [0, 0.1) is 0 Å². The van der Waals surface area contributed by atoms with Gasteiger partial charge in [0.05, 0.1) is 16.2 Å². The highest BCUT2D eigenvalue weighted by Crippen LogP contribution is 2.30. The SMILES string of the molecule is O=S(=O)(Nc1cnn2cccnc12)c1c(Cl)cccc1Cl. The summed E-state index contributed by atoms with van der Waals surface area (Å²) in [5, 5.41) is 4.08. The zero-order chi connectivity index (χ0) is 15.0. The first-order chi connectivity index (χ1) is 9.99. The Kier molecular flexibility index (Phi) is 3.48. The van der Waals surface area contributed by atoms with Crippen molar-refractivity contribution in [3.63, 3.8) is 0 Å². The quantitative estimate of drug-likeness (QED) is 0.793. The molecule has 108 valence electrons. The average molecular weight is 343 g/mol. The van der Waals surface area contributed by atoms with Gasteiger partial charge in [0, 0.05) is 12.4 Å². The van der Waals surface area contributed by atoms with Crippen LogP contribution in [0.5, 0.6) is 0 Å². The van der Waals surface area contributed by atoms with Gasteiger partial charge in [-0.3, -0.25) is 4.72 Å². The maximum Gasteiger partial charge on any atom is 0.265 e. The van der Waals surface area contributed by atoms with E-state index in [2.05, 4.69) is 14.8 Å². The summed E-state index contributed by atoms with van der Waals surface area (Å²) in [6, 6.07) is 6.16. The maximum atomic E-state index is 12.4. The van der Waals surface area contributed by atoms with Crippen molar-refractivity contribution in [2.45, 2.75) is 4.90 Å². The molecule has 3 aromatic rings. The topological polar surface area (TPSA) is 76.4 Å². The highest BCUT2D eigenvalue weighted by atomic mass is 35.5. The summed E-state index contributed by atoms with van der Waals surface area (Å²) in [6.07, 6.45) is 4.56. The molecule has 3 rings (SSSR count). The fourth-order valence-electron chi connectivity index (χ4n) is 1.83. The van der Waals surface area contributed by atoms with Gasteiger partial charge in [-0.25, -0.2) is 17.9 Å². The van der Waals surface area contributed by atoms with Crippen LogP contribution in [0.25, 0.3) is 5.65 Å². The molecule has 0 aliphatic heterocycles. The second-order valence-corrected chi connectivity index (χ2v) is 6.54. The molecule has 0 saturated heterocycles. The van der Waals surface area contributed by atoms with Gasteiger partial charge in [0.2, 0.25) is 0 Å². The van der Waals surface area contributed by atoms with Gasteiger partial charge in [-0.1, -0.05) is 29.3 Å². The monoisotopic (exact) mass is 342 g/mol. The summed E-state index contributed by atoms with van der Waals surface area (Å²) >= 11 is 11.9. The van der Waals surface area contributed by atoms with E-state index in [-0.39, 0.29) is 20.6 Å². The Bertz CT molecular complexity index is 904. The summed E-state index contributed by atoms with van der Waals surface area (Å²) in [5.41, 5.74) is 0.621. The van der Waals surface area contributed by atoms with Crippen molar-refractivity contribution >= 4 is 44.6 Å². The Morgan fingerprint density at radius 2 is 1.86 bits per heavy atom. The molecule has 6 nitrogen and oxygen atoms in total. The molecule has 2 aromatic heterocycles. The van der Waals surface area contributed by atoms with Crippen LogP contribution in [0.15, 0.2) is 47.8 Å². The lowest BCUT2D eigenvalue weighted by Gasteiger charge is -2.09. The normalized spacial score (nSPS) is 11.7.